The third kappa shape index (κ3) is 3.90. The maximum atomic E-state index is 13.5. The molecule has 0 unspecified atom stereocenters. The molecule has 1 N–H and O–H groups in total. The Labute approximate surface area is 183 Å². The molecular formula is C24H18ClFN2O3. The number of imide groups is 1. The van der Waals surface area contributed by atoms with Gasteiger partial charge in [-0.15, -0.1) is 0 Å². The molecule has 7 heteroatoms. The van der Waals surface area contributed by atoms with Gasteiger partial charge in [-0.05, 0) is 54.4 Å². The van der Waals surface area contributed by atoms with E-state index in [9.17, 15) is 14.0 Å². The van der Waals surface area contributed by atoms with Gasteiger partial charge >= 0.3 is 0 Å². The SMILES string of the molecule is COc1cccc(NC2=C(c3ccc(F)cc3)C(=O)N(c3ccc(C)c(Cl)c3)C2=O)c1. The van der Waals surface area contributed by atoms with E-state index in [1.807, 2.05) is 6.92 Å². The van der Waals surface area contributed by atoms with Crippen LogP contribution < -0.4 is 15.0 Å². The topological polar surface area (TPSA) is 58.6 Å². The van der Waals surface area contributed by atoms with E-state index in [-0.39, 0.29) is 11.3 Å². The number of carbonyl (C=O) groups is 2. The van der Waals surface area contributed by atoms with Crippen LogP contribution in [0.5, 0.6) is 5.75 Å². The molecule has 0 radical (unpaired) electrons. The van der Waals surface area contributed by atoms with Crippen LogP contribution in [0.1, 0.15) is 11.1 Å². The second-order valence-corrected chi connectivity index (χ2v) is 7.40. The molecule has 1 heterocycles. The Hall–Kier alpha value is -3.64. The molecule has 1 aliphatic heterocycles. The van der Waals surface area contributed by atoms with Crippen LogP contribution in [0.3, 0.4) is 0 Å². The highest BCUT2D eigenvalue weighted by molar-refractivity contribution is 6.46. The number of hydrogen-bond acceptors (Lipinski definition) is 4. The van der Waals surface area contributed by atoms with Gasteiger partial charge in [-0.2, -0.15) is 0 Å². The Morgan fingerprint density at radius 3 is 2.39 bits per heavy atom. The molecule has 3 aromatic rings. The quantitative estimate of drug-likeness (QED) is 0.559. The van der Waals surface area contributed by atoms with Gasteiger partial charge in [0.15, 0.2) is 0 Å². The zero-order chi connectivity index (χ0) is 22.1. The summed E-state index contributed by atoms with van der Waals surface area (Å²) in [6.07, 6.45) is 0. The van der Waals surface area contributed by atoms with Crippen LogP contribution in [0.4, 0.5) is 15.8 Å². The molecule has 156 valence electrons. The molecule has 0 saturated heterocycles. The molecule has 0 fully saturated rings. The number of halogens is 2. The lowest BCUT2D eigenvalue weighted by Gasteiger charge is -2.16. The van der Waals surface area contributed by atoms with Crippen molar-refractivity contribution < 1.29 is 18.7 Å². The Kier molecular flexibility index (Phi) is 5.48. The molecule has 1 aliphatic rings. The number of nitrogens with zero attached hydrogens (tertiary/aromatic N) is 1. The number of anilines is 2. The maximum absolute atomic E-state index is 13.5. The number of amides is 2. The molecule has 0 aliphatic carbocycles. The van der Waals surface area contributed by atoms with Gasteiger partial charge in [0.2, 0.25) is 0 Å². The van der Waals surface area contributed by atoms with Crippen molar-refractivity contribution in [1.82, 2.24) is 0 Å². The van der Waals surface area contributed by atoms with E-state index in [2.05, 4.69) is 5.32 Å². The standard InChI is InChI=1S/C24H18ClFN2O3/c1-14-6-11-18(13-20(14)25)28-23(29)21(15-7-9-16(26)10-8-15)22(24(28)30)27-17-4-3-5-19(12-17)31-2/h3-13,27H,1-2H3. The van der Waals surface area contributed by atoms with Gasteiger partial charge in [-0.1, -0.05) is 35.9 Å². The number of ether oxygens (including phenoxy) is 1. The molecule has 3 aromatic carbocycles. The molecular weight excluding hydrogens is 419 g/mol. The number of nitrogens with one attached hydrogen (secondary N) is 1. The van der Waals surface area contributed by atoms with Gasteiger partial charge in [0, 0.05) is 16.8 Å². The van der Waals surface area contributed by atoms with E-state index in [1.54, 1.807) is 42.5 Å². The second-order valence-electron chi connectivity index (χ2n) is 6.99. The highest BCUT2D eigenvalue weighted by Gasteiger charge is 2.40. The van der Waals surface area contributed by atoms with Crippen LogP contribution in [0.2, 0.25) is 5.02 Å². The second kappa shape index (κ2) is 8.24. The number of methoxy groups -OCH3 is 1. The molecule has 5 nitrogen and oxygen atoms in total. The lowest BCUT2D eigenvalue weighted by Crippen LogP contribution is -2.32. The van der Waals surface area contributed by atoms with Crippen LogP contribution >= 0.6 is 11.6 Å². The minimum atomic E-state index is -0.535. The van der Waals surface area contributed by atoms with Gasteiger partial charge in [0.25, 0.3) is 11.8 Å². The summed E-state index contributed by atoms with van der Waals surface area (Å²) in [6, 6.07) is 17.4. The van der Waals surface area contributed by atoms with E-state index >= 15 is 0 Å². The van der Waals surface area contributed by atoms with Crippen molar-refractivity contribution in [3.63, 3.8) is 0 Å². The number of carbonyl (C=O) groups excluding carboxylic acids is 2. The Morgan fingerprint density at radius 2 is 1.71 bits per heavy atom. The first-order chi connectivity index (χ1) is 14.9. The van der Waals surface area contributed by atoms with Crippen molar-refractivity contribution in [2.24, 2.45) is 0 Å². The van der Waals surface area contributed by atoms with Crippen LogP contribution in [0, 0.1) is 12.7 Å². The van der Waals surface area contributed by atoms with E-state index < -0.39 is 17.6 Å². The highest BCUT2D eigenvalue weighted by atomic mass is 35.5. The van der Waals surface area contributed by atoms with Crippen molar-refractivity contribution in [1.29, 1.82) is 0 Å². The normalized spacial score (nSPS) is 13.7. The fourth-order valence-corrected chi connectivity index (χ4v) is 3.51. The third-order valence-electron chi connectivity index (χ3n) is 4.97. The van der Waals surface area contributed by atoms with Crippen molar-refractivity contribution in [2.75, 3.05) is 17.3 Å². The van der Waals surface area contributed by atoms with Crippen LogP contribution in [-0.2, 0) is 9.59 Å². The lowest BCUT2D eigenvalue weighted by atomic mass is 10.0. The van der Waals surface area contributed by atoms with Gasteiger partial charge < -0.3 is 10.1 Å². The molecule has 0 spiro atoms. The smallest absolute Gasteiger partial charge is 0.282 e. The van der Waals surface area contributed by atoms with Gasteiger partial charge in [0.05, 0.1) is 18.4 Å². The first-order valence-electron chi connectivity index (χ1n) is 9.45. The molecule has 31 heavy (non-hydrogen) atoms. The molecule has 2 amide bonds. The van der Waals surface area contributed by atoms with Crippen LogP contribution in [0.15, 0.2) is 72.4 Å². The minimum Gasteiger partial charge on any atom is -0.497 e. The predicted octanol–water partition coefficient (Wildman–Crippen LogP) is 5.19. The summed E-state index contributed by atoms with van der Waals surface area (Å²) in [5, 5.41) is 3.49. The number of aryl methyl sites for hydroxylation is 1. The van der Waals surface area contributed by atoms with E-state index in [0.717, 1.165) is 10.5 Å². The third-order valence-corrected chi connectivity index (χ3v) is 5.38. The molecule has 4 rings (SSSR count). The average Bonchev–Trinajstić information content (AvgIpc) is 3.00. The van der Waals surface area contributed by atoms with Crippen molar-refractivity contribution >= 4 is 40.4 Å². The Morgan fingerprint density at radius 1 is 0.968 bits per heavy atom. The molecule has 0 atom stereocenters. The van der Waals surface area contributed by atoms with E-state index in [0.29, 0.717) is 27.7 Å². The van der Waals surface area contributed by atoms with Crippen molar-refractivity contribution in [2.45, 2.75) is 6.92 Å². The summed E-state index contributed by atoms with van der Waals surface area (Å²) >= 11 is 6.22. The number of benzene rings is 3. The fourth-order valence-electron chi connectivity index (χ4n) is 3.33. The highest BCUT2D eigenvalue weighted by Crippen LogP contribution is 2.35. The first kappa shape index (κ1) is 20.6. The van der Waals surface area contributed by atoms with E-state index in [4.69, 9.17) is 16.3 Å². The summed E-state index contributed by atoms with van der Waals surface area (Å²) in [7, 11) is 1.54. The first-order valence-corrected chi connectivity index (χ1v) is 9.83. The van der Waals surface area contributed by atoms with Crippen molar-refractivity contribution in [3.05, 3.63) is 94.4 Å². The molecule has 0 aromatic heterocycles. The minimum absolute atomic E-state index is 0.0848. The Bertz CT molecular complexity index is 1220. The van der Waals surface area contributed by atoms with E-state index in [1.165, 1.54) is 31.4 Å². The predicted molar refractivity (Wildman–Crippen MR) is 119 cm³/mol. The van der Waals surface area contributed by atoms with Gasteiger partial charge in [-0.25, -0.2) is 9.29 Å². The zero-order valence-electron chi connectivity index (χ0n) is 16.8. The maximum Gasteiger partial charge on any atom is 0.282 e. The number of rotatable bonds is 5. The molecule has 0 bridgehead atoms. The summed E-state index contributed by atoms with van der Waals surface area (Å²) in [6.45, 7) is 1.83. The number of hydrogen-bond donors (Lipinski definition) is 1. The summed E-state index contributed by atoms with van der Waals surface area (Å²) in [4.78, 5) is 27.8. The lowest BCUT2D eigenvalue weighted by molar-refractivity contribution is -0.120. The summed E-state index contributed by atoms with van der Waals surface area (Å²) in [5.74, 6) is -0.910. The summed E-state index contributed by atoms with van der Waals surface area (Å²) in [5.41, 5.74) is 2.40. The van der Waals surface area contributed by atoms with Gasteiger partial charge in [-0.3, -0.25) is 9.59 Å². The Balaban J connectivity index is 1.82. The fraction of sp³-hybridized carbons (Fsp3) is 0.0833. The van der Waals surface area contributed by atoms with Gasteiger partial charge in [0.1, 0.15) is 17.3 Å². The summed E-state index contributed by atoms with van der Waals surface area (Å²) < 4.78 is 18.7. The zero-order valence-corrected chi connectivity index (χ0v) is 17.5. The van der Waals surface area contributed by atoms with Crippen molar-refractivity contribution in [3.8, 4) is 5.75 Å². The average molecular weight is 437 g/mol. The monoisotopic (exact) mass is 436 g/mol. The van der Waals surface area contributed by atoms with Crippen LogP contribution in [-0.4, -0.2) is 18.9 Å². The molecule has 0 saturated carbocycles. The van der Waals surface area contributed by atoms with Crippen LogP contribution in [0.25, 0.3) is 5.57 Å². The largest absolute Gasteiger partial charge is 0.497 e.